The van der Waals surface area contributed by atoms with Crippen LogP contribution in [0.2, 0.25) is 0 Å². The van der Waals surface area contributed by atoms with Crippen LogP contribution in [-0.2, 0) is 19.6 Å². The highest BCUT2D eigenvalue weighted by Gasteiger charge is 2.35. The predicted octanol–water partition coefficient (Wildman–Crippen LogP) is 2.70. The molecule has 2 N–H and O–H groups in total. The van der Waals surface area contributed by atoms with Crippen molar-refractivity contribution in [2.24, 2.45) is 0 Å². The minimum atomic E-state index is -3.68. The maximum atomic E-state index is 13.2. The Bertz CT molecular complexity index is 991. The number of hydrogen-bond acceptors (Lipinski definition) is 7. The van der Waals surface area contributed by atoms with Crippen LogP contribution in [0.3, 0.4) is 0 Å². The number of nitrogens with one attached hydrogen (secondary N) is 2. The second-order valence-corrected chi connectivity index (χ2v) is 10.9. The van der Waals surface area contributed by atoms with Crippen LogP contribution in [-0.4, -0.2) is 69.6 Å². The van der Waals surface area contributed by atoms with E-state index in [0.29, 0.717) is 44.8 Å². The smallest absolute Gasteiger partial charge is 0.243 e. The lowest BCUT2D eigenvalue weighted by Gasteiger charge is -2.33. The summed E-state index contributed by atoms with van der Waals surface area (Å²) in [5, 5.41) is 15.9. The number of hydrogen-bond donors (Lipinski definition) is 2. The van der Waals surface area contributed by atoms with Crippen LogP contribution in [0, 0.1) is 11.3 Å². The van der Waals surface area contributed by atoms with Crippen molar-refractivity contribution >= 4 is 27.3 Å². The van der Waals surface area contributed by atoms with Gasteiger partial charge in [-0.25, -0.2) is 8.42 Å². The molecule has 0 unspecified atom stereocenters. The largest absolute Gasteiger partial charge is 0.379 e. The molecule has 1 aliphatic heterocycles. The zero-order chi connectivity index (χ0) is 24.8. The van der Waals surface area contributed by atoms with Gasteiger partial charge in [0, 0.05) is 26.2 Å². The van der Waals surface area contributed by atoms with E-state index in [4.69, 9.17) is 4.74 Å². The van der Waals surface area contributed by atoms with E-state index in [1.165, 1.54) is 4.31 Å². The minimum absolute atomic E-state index is 0.182. The van der Waals surface area contributed by atoms with E-state index in [2.05, 4.69) is 21.6 Å². The summed E-state index contributed by atoms with van der Waals surface area (Å²) in [6.45, 7) is 8.65. The summed E-state index contributed by atoms with van der Waals surface area (Å²) in [4.78, 5) is 15.3. The van der Waals surface area contributed by atoms with Crippen LogP contribution in [0.25, 0.3) is 0 Å². The highest BCUT2D eigenvalue weighted by Crippen LogP contribution is 2.32. The molecule has 1 heterocycles. The molecular weight excluding hydrogens is 454 g/mol. The van der Waals surface area contributed by atoms with Gasteiger partial charge in [0.2, 0.25) is 15.9 Å². The molecule has 2 fully saturated rings. The Balaban J connectivity index is 1.87. The van der Waals surface area contributed by atoms with Crippen molar-refractivity contribution in [3.8, 4) is 6.07 Å². The molecule has 3 rings (SSSR count). The fourth-order valence-electron chi connectivity index (χ4n) is 4.63. The van der Waals surface area contributed by atoms with Gasteiger partial charge in [-0.3, -0.25) is 4.79 Å². The number of amides is 1. The quantitative estimate of drug-likeness (QED) is 0.546. The third kappa shape index (κ3) is 5.82. The van der Waals surface area contributed by atoms with E-state index in [1.54, 1.807) is 25.1 Å². The number of anilines is 2. The Morgan fingerprint density at radius 2 is 1.85 bits per heavy atom. The van der Waals surface area contributed by atoms with Crippen LogP contribution in [0.5, 0.6) is 0 Å². The van der Waals surface area contributed by atoms with E-state index in [0.717, 1.165) is 38.0 Å². The Morgan fingerprint density at radius 1 is 1.21 bits per heavy atom. The lowest BCUT2D eigenvalue weighted by molar-refractivity contribution is -0.123. The van der Waals surface area contributed by atoms with Gasteiger partial charge >= 0.3 is 0 Å². The molecule has 1 saturated heterocycles. The Labute approximate surface area is 203 Å². The van der Waals surface area contributed by atoms with E-state index in [1.807, 2.05) is 13.8 Å². The van der Waals surface area contributed by atoms with Gasteiger partial charge in [-0.2, -0.15) is 9.57 Å². The molecule has 0 radical (unpaired) electrons. The molecule has 0 spiro atoms. The van der Waals surface area contributed by atoms with Gasteiger partial charge < -0.3 is 20.3 Å². The summed E-state index contributed by atoms with van der Waals surface area (Å²) < 4.78 is 33.2. The summed E-state index contributed by atoms with van der Waals surface area (Å²) in [5.41, 5.74) is 0.586. The maximum Gasteiger partial charge on any atom is 0.243 e. The van der Waals surface area contributed by atoms with Crippen molar-refractivity contribution in [1.82, 2.24) is 9.62 Å². The van der Waals surface area contributed by atoms with Crippen molar-refractivity contribution in [3.05, 3.63) is 18.2 Å². The fraction of sp³-hybridized carbons (Fsp3) is 0.667. The van der Waals surface area contributed by atoms with E-state index >= 15 is 0 Å². The van der Waals surface area contributed by atoms with Crippen LogP contribution >= 0.6 is 0 Å². The lowest BCUT2D eigenvalue weighted by atomic mass is 9.82. The van der Waals surface area contributed by atoms with Gasteiger partial charge in [0.25, 0.3) is 0 Å². The normalized spacial score (nSPS) is 19.6. The van der Waals surface area contributed by atoms with E-state index in [-0.39, 0.29) is 10.8 Å². The molecule has 34 heavy (non-hydrogen) atoms. The highest BCUT2D eigenvalue weighted by molar-refractivity contribution is 7.89. The highest BCUT2D eigenvalue weighted by atomic mass is 32.2. The molecule has 188 valence electrons. The van der Waals surface area contributed by atoms with Crippen LogP contribution in [0.4, 0.5) is 11.4 Å². The predicted molar refractivity (Wildman–Crippen MR) is 132 cm³/mol. The van der Waals surface area contributed by atoms with Crippen molar-refractivity contribution in [2.45, 2.75) is 69.4 Å². The van der Waals surface area contributed by atoms with Crippen molar-refractivity contribution in [3.63, 3.8) is 0 Å². The third-order valence-corrected chi connectivity index (χ3v) is 8.62. The van der Waals surface area contributed by atoms with Gasteiger partial charge in [0.15, 0.2) is 0 Å². The molecule has 1 aromatic carbocycles. The fourth-order valence-corrected chi connectivity index (χ4v) is 6.06. The molecule has 1 aliphatic carbocycles. The van der Waals surface area contributed by atoms with E-state index < -0.39 is 21.6 Å². The monoisotopic (exact) mass is 491 g/mol. The molecule has 1 amide bonds. The number of carbonyl (C=O) groups is 1. The summed E-state index contributed by atoms with van der Waals surface area (Å²) in [6, 6.07) is 6.70. The van der Waals surface area contributed by atoms with Crippen molar-refractivity contribution in [2.75, 3.05) is 49.6 Å². The molecule has 0 bridgehead atoms. The first-order chi connectivity index (χ1) is 16.3. The first-order valence-corrected chi connectivity index (χ1v) is 13.7. The standard InChI is InChI=1S/C24H37N5O4S/c1-4-28(5-2)22-10-9-20(34(31,32)29-13-15-33-16-14-29)17-21(22)26-19(3)23(30)27-24(18-25)11-7-6-8-12-24/h9-10,17,19,26H,4-8,11-16H2,1-3H3,(H,27,30)/t19-/m0/s1. The Hall–Kier alpha value is -2.35. The lowest BCUT2D eigenvalue weighted by Crippen LogP contribution is -2.52. The van der Waals surface area contributed by atoms with Gasteiger partial charge in [-0.1, -0.05) is 19.3 Å². The average molecular weight is 492 g/mol. The van der Waals surface area contributed by atoms with Gasteiger partial charge in [-0.05, 0) is 51.8 Å². The molecular formula is C24H37N5O4S. The Morgan fingerprint density at radius 3 is 2.44 bits per heavy atom. The average Bonchev–Trinajstić information content (AvgIpc) is 2.86. The summed E-state index contributed by atoms with van der Waals surface area (Å²) >= 11 is 0. The summed E-state index contributed by atoms with van der Waals surface area (Å²) in [7, 11) is -3.68. The first kappa shape index (κ1) is 26.3. The molecule has 1 atom stereocenters. The number of nitriles is 1. The first-order valence-electron chi connectivity index (χ1n) is 12.2. The Kier molecular flexibility index (Phi) is 8.79. The minimum Gasteiger partial charge on any atom is -0.379 e. The van der Waals surface area contributed by atoms with Crippen molar-refractivity contribution < 1.29 is 17.9 Å². The maximum absolute atomic E-state index is 13.2. The molecule has 1 aromatic rings. The number of nitrogens with zero attached hydrogens (tertiary/aromatic N) is 3. The van der Waals surface area contributed by atoms with Crippen LogP contribution in [0.1, 0.15) is 52.9 Å². The number of ether oxygens (including phenoxy) is 1. The third-order valence-electron chi connectivity index (χ3n) is 6.73. The number of benzene rings is 1. The van der Waals surface area contributed by atoms with E-state index in [9.17, 15) is 18.5 Å². The van der Waals surface area contributed by atoms with Gasteiger partial charge in [-0.15, -0.1) is 0 Å². The molecule has 9 nitrogen and oxygen atoms in total. The summed E-state index contributed by atoms with van der Waals surface area (Å²) in [5.74, 6) is -0.268. The number of carbonyl (C=O) groups excluding carboxylic acids is 1. The molecule has 1 saturated carbocycles. The molecule has 2 aliphatic rings. The van der Waals surface area contributed by atoms with Gasteiger partial charge in [0.05, 0.1) is 35.6 Å². The SMILES string of the molecule is CCN(CC)c1ccc(S(=O)(=O)N2CCOCC2)cc1N[C@@H](C)C(=O)NC1(C#N)CCCCC1. The zero-order valence-electron chi connectivity index (χ0n) is 20.5. The number of rotatable bonds is 9. The second kappa shape index (κ2) is 11.4. The summed E-state index contributed by atoms with van der Waals surface area (Å²) in [6.07, 6.45) is 4.22. The number of sulfonamides is 1. The van der Waals surface area contributed by atoms with Gasteiger partial charge in [0.1, 0.15) is 11.6 Å². The zero-order valence-corrected chi connectivity index (χ0v) is 21.3. The molecule has 0 aromatic heterocycles. The number of morpholine rings is 1. The van der Waals surface area contributed by atoms with Crippen molar-refractivity contribution in [1.29, 1.82) is 5.26 Å². The molecule has 10 heteroatoms. The van der Waals surface area contributed by atoms with Crippen LogP contribution < -0.4 is 15.5 Å². The second-order valence-electron chi connectivity index (χ2n) is 8.98. The van der Waals surface area contributed by atoms with Crippen LogP contribution in [0.15, 0.2) is 23.1 Å². The topological polar surface area (TPSA) is 115 Å².